The lowest BCUT2D eigenvalue weighted by atomic mass is 10.3. The maximum absolute atomic E-state index is 12.5. The van der Waals surface area contributed by atoms with Crippen LogP contribution in [-0.4, -0.2) is 4.98 Å². The molecule has 1 heterocycles. The molecule has 0 saturated carbocycles. The first-order valence-corrected chi connectivity index (χ1v) is 3.68. The Morgan fingerprint density at radius 1 is 1.60 bits per heavy atom. The van der Waals surface area contributed by atoms with E-state index in [-0.39, 0.29) is 5.56 Å². The van der Waals surface area contributed by atoms with Gasteiger partial charge >= 0.3 is 0 Å². The Hall–Kier alpha value is -0.260. The number of pyridine rings is 1. The first kappa shape index (κ1) is 7.84. The van der Waals surface area contributed by atoms with Crippen LogP contribution in [0.4, 0.5) is 8.78 Å². The van der Waals surface area contributed by atoms with E-state index >= 15 is 0 Å². The molecule has 0 fully saturated rings. The van der Waals surface area contributed by atoms with Crippen molar-refractivity contribution in [2.45, 2.75) is 6.67 Å². The molecule has 0 aromatic carbocycles. The van der Waals surface area contributed by atoms with Crippen molar-refractivity contribution in [1.29, 1.82) is 0 Å². The number of halogens is 3. The maximum atomic E-state index is 12.5. The van der Waals surface area contributed by atoms with E-state index in [0.29, 0.717) is 3.57 Å². The van der Waals surface area contributed by atoms with Gasteiger partial charge in [-0.1, -0.05) is 0 Å². The number of nitrogens with zero attached hydrogens (tertiary/aromatic N) is 1. The molecule has 0 aliphatic carbocycles. The Balaban J connectivity index is 3.17. The monoisotopic (exact) mass is 255 g/mol. The highest BCUT2D eigenvalue weighted by Crippen LogP contribution is 2.14. The van der Waals surface area contributed by atoms with Gasteiger partial charge in [-0.3, -0.25) is 0 Å². The van der Waals surface area contributed by atoms with Gasteiger partial charge in [0.25, 0.3) is 0 Å². The van der Waals surface area contributed by atoms with Gasteiger partial charge in [0.1, 0.15) is 6.67 Å². The molecule has 0 aliphatic heterocycles. The summed E-state index contributed by atoms with van der Waals surface area (Å²) in [4.78, 5) is 3.30. The Labute approximate surface area is 70.6 Å². The number of hydrogen-bond acceptors (Lipinski definition) is 1. The van der Waals surface area contributed by atoms with Crippen LogP contribution in [0.1, 0.15) is 5.56 Å². The van der Waals surface area contributed by atoms with E-state index in [1.807, 2.05) is 22.6 Å². The van der Waals surface area contributed by atoms with E-state index in [1.54, 1.807) is 6.07 Å². The molecule has 0 atom stereocenters. The third kappa shape index (κ3) is 1.42. The van der Waals surface area contributed by atoms with Crippen molar-refractivity contribution in [3.63, 3.8) is 0 Å². The fraction of sp³-hybridized carbons (Fsp3) is 0.167. The van der Waals surface area contributed by atoms with Gasteiger partial charge in [-0.15, -0.1) is 0 Å². The van der Waals surface area contributed by atoms with Crippen LogP contribution in [0, 0.1) is 9.52 Å². The van der Waals surface area contributed by atoms with Crippen molar-refractivity contribution in [3.8, 4) is 0 Å². The second-order valence-electron chi connectivity index (χ2n) is 1.70. The fourth-order valence-corrected chi connectivity index (χ4v) is 1.09. The van der Waals surface area contributed by atoms with Crippen LogP contribution in [0.15, 0.2) is 12.3 Å². The molecule has 54 valence electrons. The molecule has 10 heavy (non-hydrogen) atoms. The van der Waals surface area contributed by atoms with Gasteiger partial charge in [-0.2, -0.15) is 4.39 Å². The van der Waals surface area contributed by atoms with Crippen molar-refractivity contribution in [2.24, 2.45) is 0 Å². The Morgan fingerprint density at radius 3 is 2.70 bits per heavy atom. The van der Waals surface area contributed by atoms with Crippen LogP contribution >= 0.6 is 22.6 Å². The van der Waals surface area contributed by atoms with E-state index in [1.165, 1.54) is 6.20 Å². The molecule has 1 aromatic heterocycles. The average molecular weight is 255 g/mol. The largest absolute Gasteiger partial charge is 0.246 e. The second-order valence-corrected chi connectivity index (χ2v) is 2.86. The van der Waals surface area contributed by atoms with E-state index in [2.05, 4.69) is 4.98 Å². The van der Waals surface area contributed by atoms with Gasteiger partial charge < -0.3 is 0 Å². The zero-order valence-corrected chi connectivity index (χ0v) is 7.10. The summed E-state index contributed by atoms with van der Waals surface area (Å²) in [7, 11) is 0. The molecule has 4 heteroatoms. The van der Waals surface area contributed by atoms with Crippen molar-refractivity contribution >= 4 is 22.6 Å². The van der Waals surface area contributed by atoms with Crippen molar-refractivity contribution in [3.05, 3.63) is 27.3 Å². The van der Waals surface area contributed by atoms with Gasteiger partial charge in [-0.25, -0.2) is 9.37 Å². The van der Waals surface area contributed by atoms with Crippen LogP contribution in [-0.2, 0) is 6.67 Å². The highest BCUT2D eigenvalue weighted by molar-refractivity contribution is 14.1. The Morgan fingerprint density at radius 2 is 2.30 bits per heavy atom. The zero-order chi connectivity index (χ0) is 7.56. The number of hydrogen-bond donors (Lipinski definition) is 0. The quantitative estimate of drug-likeness (QED) is 0.554. The summed E-state index contributed by atoms with van der Waals surface area (Å²) in [6.45, 7) is -0.794. The predicted molar refractivity (Wildman–Crippen MR) is 41.7 cm³/mol. The molecule has 0 bridgehead atoms. The smallest absolute Gasteiger partial charge is 0.219 e. The summed E-state index contributed by atoms with van der Waals surface area (Å²) in [5.74, 6) is -0.714. The minimum atomic E-state index is -0.794. The van der Waals surface area contributed by atoms with Gasteiger partial charge in [0.2, 0.25) is 5.95 Å². The highest BCUT2D eigenvalue weighted by atomic mass is 127. The van der Waals surface area contributed by atoms with Crippen LogP contribution in [0.3, 0.4) is 0 Å². The molecule has 0 amide bonds. The van der Waals surface area contributed by atoms with E-state index < -0.39 is 12.6 Å². The van der Waals surface area contributed by atoms with E-state index in [9.17, 15) is 8.78 Å². The summed E-state index contributed by atoms with van der Waals surface area (Å²) in [6, 6.07) is 1.57. The molecule has 0 spiro atoms. The van der Waals surface area contributed by atoms with E-state index in [4.69, 9.17) is 0 Å². The molecule has 0 aliphatic rings. The van der Waals surface area contributed by atoms with Gasteiger partial charge in [0.15, 0.2) is 0 Å². The van der Waals surface area contributed by atoms with Crippen LogP contribution in [0.5, 0.6) is 0 Å². The van der Waals surface area contributed by atoms with Crippen LogP contribution in [0.25, 0.3) is 0 Å². The summed E-state index contributed by atoms with van der Waals surface area (Å²) in [5.41, 5.74) is 0.0445. The summed E-state index contributed by atoms with van der Waals surface area (Å²) < 4.78 is 25.0. The number of alkyl halides is 1. The standard InChI is InChI=1S/C6H4F2IN/c7-3-4-5(9)1-2-10-6(4)8/h1-2H,3H2. The third-order valence-corrected chi connectivity index (χ3v) is 2.09. The van der Waals surface area contributed by atoms with Crippen molar-refractivity contribution < 1.29 is 8.78 Å². The van der Waals surface area contributed by atoms with Crippen LogP contribution < -0.4 is 0 Å². The first-order chi connectivity index (χ1) is 4.75. The summed E-state index contributed by atoms with van der Waals surface area (Å²) in [5, 5.41) is 0. The number of aromatic nitrogens is 1. The first-order valence-electron chi connectivity index (χ1n) is 2.60. The zero-order valence-electron chi connectivity index (χ0n) is 4.94. The molecule has 1 aromatic rings. The minimum absolute atomic E-state index is 0.0445. The maximum Gasteiger partial charge on any atom is 0.219 e. The van der Waals surface area contributed by atoms with Gasteiger partial charge in [0.05, 0.1) is 5.56 Å². The lowest BCUT2D eigenvalue weighted by Gasteiger charge is -1.97. The average Bonchev–Trinajstić information content (AvgIpc) is 1.88. The third-order valence-electron chi connectivity index (χ3n) is 1.08. The molecule has 0 unspecified atom stereocenters. The van der Waals surface area contributed by atoms with Crippen molar-refractivity contribution in [2.75, 3.05) is 0 Å². The lowest BCUT2D eigenvalue weighted by Crippen LogP contribution is -1.93. The van der Waals surface area contributed by atoms with Gasteiger partial charge in [0, 0.05) is 9.77 Å². The summed E-state index contributed by atoms with van der Waals surface area (Å²) >= 11 is 1.87. The molecular weight excluding hydrogens is 251 g/mol. The normalized spacial score (nSPS) is 9.90. The highest BCUT2D eigenvalue weighted by Gasteiger charge is 2.05. The Kier molecular flexibility index (Phi) is 2.53. The molecule has 0 radical (unpaired) electrons. The Bertz CT molecular complexity index is 219. The van der Waals surface area contributed by atoms with Crippen molar-refractivity contribution in [1.82, 2.24) is 4.98 Å². The second kappa shape index (κ2) is 3.23. The molecule has 0 N–H and O–H groups in total. The minimum Gasteiger partial charge on any atom is -0.246 e. The topological polar surface area (TPSA) is 12.9 Å². The summed E-state index contributed by atoms with van der Waals surface area (Å²) in [6.07, 6.45) is 1.32. The number of rotatable bonds is 1. The van der Waals surface area contributed by atoms with E-state index in [0.717, 1.165) is 0 Å². The molecule has 1 rings (SSSR count). The SMILES string of the molecule is FCc1c(I)ccnc1F. The van der Waals surface area contributed by atoms with Gasteiger partial charge in [-0.05, 0) is 28.7 Å². The molecular formula is C6H4F2IN. The fourth-order valence-electron chi connectivity index (χ4n) is 0.564. The molecule has 0 saturated heterocycles. The lowest BCUT2D eigenvalue weighted by molar-refractivity contribution is 0.452. The predicted octanol–water partition coefficient (Wildman–Crippen LogP) is 2.29. The molecule has 1 nitrogen and oxygen atoms in total. The van der Waals surface area contributed by atoms with Crippen LogP contribution in [0.2, 0.25) is 0 Å².